The van der Waals surface area contributed by atoms with Gasteiger partial charge in [0.15, 0.2) is 0 Å². The molecule has 0 amide bonds. The van der Waals surface area contributed by atoms with Gasteiger partial charge in [-0.05, 0) is 23.3 Å². The fourth-order valence-corrected chi connectivity index (χ4v) is 2.05. The summed E-state index contributed by atoms with van der Waals surface area (Å²) in [5.41, 5.74) is 1.76. The lowest BCUT2D eigenvalue weighted by atomic mass is 9.91. The molecule has 0 aromatic heterocycles. The van der Waals surface area contributed by atoms with Crippen LogP contribution in [-0.2, 0) is 9.53 Å². The maximum absolute atomic E-state index is 12.0. The topological polar surface area (TPSA) is 35.5 Å². The van der Waals surface area contributed by atoms with Crippen molar-refractivity contribution >= 4 is 5.97 Å². The highest BCUT2D eigenvalue weighted by Gasteiger charge is 2.23. The summed E-state index contributed by atoms with van der Waals surface area (Å²) >= 11 is 0. The molecule has 0 aliphatic heterocycles. The lowest BCUT2D eigenvalue weighted by Crippen LogP contribution is -2.15. The highest BCUT2D eigenvalue weighted by atomic mass is 16.5. The van der Waals surface area contributed by atoms with E-state index in [1.165, 1.54) is 7.11 Å². The highest BCUT2D eigenvalue weighted by Crippen LogP contribution is 2.28. The van der Waals surface area contributed by atoms with Gasteiger partial charge < -0.3 is 9.47 Å². The van der Waals surface area contributed by atoms with E-state index < -0.39 is 5.92 Å². The van der Waals surface area contributed by atoms with Crippen molar-refractivity contribution in [3.05, 3.63) is 65.7 Å². The van der Waals surface area contributed by atoms with Gasteiger partial charge in [0, 0.05) is 0 Å². The monoisotopic (exact) mass is 256 g/mol. The molecule has 19 heavy (non-hydrogen) atoms. The third-order valence-electron chi connectivity index (χ3n) is 3.00. The Balaban J connectivity index is 2.46. The molecule has 3 nitrogen and oxygen atoms in total. The summed E-state index contributed by atoms with van der Waals surface area (Å²) in [6, 6.07) is 17.0. The van der Waals surface area contributed by atoms with Gasteiger partial charge in [0.25, 0.3) is 0 Å². The van der Waals surface area contributed by atoms with Gasteiger partial charge in [-0.1, -0.05) is 42.5 Å². The van der Waals surface area contributed by atoms with E-state index in [0.29, 0.717) is 0 Å². The molecule has 2 rings (SSSR count). The van der Waals surface area contributed by atoms with E-state index in [2.05, 4.69) is 0 Å². The zero-order valence-corrected chi connectivity index (χ0v) is 11.0. The molecule has 0 saturated carbocycles. The summed E-state index contributed by atoms with van der Waals surface area (Å²) in [5, 5.41) is 0. The van der Waals surface area contributed by atoms with Crippen LogP contribution < -0.4 is 4.74 Å². The second-order valence-corrected chi connectivity index (χ2v) is 4.14. The Kier molecular flexibility index (Phi) is 4.18. The molecule has 3 heteroatoms. The van der Waals surface area contributed by atoms with Gasteiger partial charge in [-0.15, -0.1) is 0 Å². The van der Waals surface area contributed by atoms with Crippen molar-refractivity contribution in [1.29, 1.82) is 0 Å². The summed E-state index contributed by atoms with van der Waals surface area (Å²) in [4.78, 5) is 12.0. The van der Waals surface area contributed by atoms with Crippen LogP contribution in [0, 0.1) is 0 Å². The molecule has 0 heterocycles. The third kappa shape index (κ3) is 2.94. The Morgan fingerprint density at radius 3 is 2.26 bits per heavy atom. The normalized spacial score (nSPS) is 11.7. The van der Waals surface area contributed by atoms with E-state index in [-0.39, 0.29) is 5.97 Å². The number of methoxy groups -OCH3 is 2. The van der Waals surface area contributed by atoms with Crippen LogP contribution in [0.5, 0.6) is 5.75 Å². The van der Waals surface area contributed by atoms with E-state index in [4.69, 9.17) is 9.47 Å². The first-order chi connectivity index (χ1) is 9.26. The summed E-state index contributed by atoms with van der Waals surface area (Å²) in [5.74, 6) is 0.0167. The largest absolute Gasteiger partial charge is 0.497 e. The third-order valence-corrected chi connectivity index (χ3v) is 3.00. The second kappa shape index (κ2) is 6.05. The predicted molar refractivity (Wildman–Crippen MR) is 73.3 cm³/mol. The fourth-order valence-electron chi connectivity index (χ4n) is 2.05. The van der Waals surface area contributed by atoms with E-state index >= 15 is 0 Å². The number of esters is 1. The van der Waals surface area contributed by atoms with Gasteiger partial charge >= 0.3 is 5.97 Å². The number of rotatable bonds is 4. The molecule has 2 aromatic rings. The molecule has 0 spiro atoms. The molecule has 0 bridgehead atoms. The smallest absolute Gasteiger partial charge is 0.317 e. The number of carbonyl (C=O) groups excluding carboxylic acids is 1. The van der Waals surface area contributed by atoms with Crippen molar-refractivity contribution in [1.82, 2.24) is 0 Å². The van der Waals surface area contributed by atoms with Crippen LogP contribution >= 0.6 is 0 Å². The van der Waals surface area contributed by atoms with E-state index in [9.17, 15) is 4.79 Å². The van der Waals surface area contributed by atoms with E-state index in [0.717, 1.165) is 16.9 Å². The average molecular weight is 256 g/mol. The van der Waals surface area contributed by atoms with Crippen molar-refractivity contribution in [2.75, 3.05) is 14.2 Å². The predicted octanol–water partition coefficient (Wildman–Crippen LogP) is 3.00. The average Bonchev–Trinajstić information content (AvgIpc) is 2.48. The standard InChI is InChI=1S/C16H16O3/c1-18-14-10-6-9-13(11-14)15(16(17)19-2)12-7-4-3-5-8-12/h3-11,15H,1-2H3. The highest BCUT2D eigenvalue weighted by molar-refractivity contribution is 5.82. The lowest BCUT2D eigenvalue weighted by Gasteiger charge is -2.16. The van der Waals surface area contributed by atoms with Crippen molar-refractivity contribution < 1.29 is 14.3 Å². The van der Waals surface area contributed by atoms with Gasteiger partial charge in [0.1, 0.15) is 11.7 Å². The molecule has 0 fully saturated rings. The molecule has 2 aromatic carbocycles. The molecular weight excluding hydrogens is 240 g/mol. The summed E-state index contributed by atoms with van der Waals surface area (Å²) in [6.45, 7) is 0. The quantitative estimate of drug-likeness (QED) is 0.789. The molecule has 1 unspecified atom stereocenters. The second-order valence-electron chi connectivity index (χ2n) is 4.14. The number of hydrogen-bond donors (Lipinski definition) is 0. The molecule has 0 aliphatic carbocycles. The van der Waals surface area contributed by atoms with Crippen molar-refractivity contribution in [2.45, 2.75) is 5.92 Å². The van der Waals surface area contributed by atoms with Gasteiger partial charge in [-0.3, -0.25) is 4.79 Å². The zero-order chi connectivity index (χ0) is 13.7. The van der Waals surface area contributed by atoms with Crippen molar-refractivity contribution in [3.63, 3.8) is 0 Å². The van der Waals surface area contributed by atoms with Gasteiger partial charge in [-0.25, -0.2) is 0 Å². The first kappa shape index (κ1) is 13.1. The van der Waals surface area contributed by atoms with Crippen LogP contribution in [-0.4, -0.2) is 20.2 Å². The minimum absolute atomic E-state index is 0.278. The Hall–Kier alpha value is -2.29. The lowest BCUT2D eigenvalue weighted by molar-refractivity contribution is -0.141. The van der Waals surface area contributed by atoms with Crippen LogP contribution in [0.2, 0.25) is 0 Å². The van der Waals surface area contributed by atoms with Gasteiger partial charge in [0.2, 0.25) is 0 Å². The number of ether oxygens (including phenoxy) is 2. The van der Waals surface area contributed by atoms with Crippen LogP contribution in [0.4, 0.5) is 0 Å². The van der Waals surface area contributed by atoms with Crippen molar-refractivity contribution in [3.8, 4) is 5.75 Å². The molecule has 0 N–H and O–H groups in total. The molecular formula is C16H16O3. The first-order valence-corrected chi connectivity index (χ1v) is 6.03. The number of hydrogen-bond acceptors (Lipinski definition) is 3. The Morgan fingerprint density at radius 2 is 1.63 bits per heavy atom. The van der Waals surface area contributed by atoms with E-state index in [1.54, 1.807) is 7.11 Å². The minimum Gasteiger partial charge on any atom is -0.497 e. The van der Waals surface area contributed by atoms with Gasteiger partial charge in [-0.2, -0.15) is 0 Å². The molecule has 0 saturated heterocycles. The fraction of sp³-hybridized carbons (Fsp3) is 0.188. The van der Waals surface area contributed by atoms with Crippen LogP contribution in [0.25, 0.3) is 0 Å². The maximum Gasteiger partial charge on any atom is 0.317 e. The summed E-state index contributed by atoms with van der Waals surface area (Å²) in [6.07, 6.45) is 0. The van der Waals surface area contributed by atoms with Crippen LogP contribution in [0.3, 0.4) is 0 Å². The Bertz CT molecular complexity index is 549. The molecule has 1 atom stereocenters. The Morgan fingerprint density at radius 1 is 0.947 bits per heavy atom. The summed E-state index contributed by atoms with van der Waals surface area (Å²) < 4.78 is 10.1. The molecule has 0 aliphatic rings. The Labute approximate surface area is 112 Å². The molecule has 0 radical (unpaired) electrons. The minimum atomic E-state index is -0.429. The zero-order valence-electron chi connectivity index (χ0n) is 11.0. The number of benzene rings is 2. The molecule has 98 valence electrons. The van der Waals surface area contributed by atoms with E-state index in [1.807, 2.05) is 54.6 Å². The first-order valence-electron chi connectivity index (χ1n) is 6.03. The number of carbonyl (C=O) groups is 1. The van der Waals surface area contributed by atoms with Crippen LogP contribution in [0.15, 0.2) is 54.6 Å². The van der Waals surface area contributed by atoms with Crippen molar-refractivity contribution in [2.24, 2.45) is 0 Å². The van der Waals surface area contributed by atoms with Crippen LogP contribution in [0.1, 0.15) is 17.0 Å². The maximum atomic E-state index is 12.0. The summed E-state index contributed by atoms with van der Waals surface area (Å²) in [7, 11) is 3.01. The van der Waals surface area contributed by atoms with Gasteiger partial charge in [0.05, 0.1) is 14.2 Å². The SMILES string of the molecule is COC(=O)C(c1ccccc1)c1cccc(OC)c1.